The Bertz CT molecular complexity index is 455. The minimum Gasteiger partial charge on any atom is -0.464 e. The van der Waals surface area contributed by atoms with E-state index in [0.717, 1.165) is 11.5 Å². The second kappa shape index (κ2) is 7.95. The summed E-state index contributed by atoms with van der Waals surface area (Å²) < 4.78 is 41.5. The minimum atomic E-state index is -4.08. The number of furan rings is 1. The number of guanidine groups is 1. The van der Waals surface area contributed by atoms with E-state index in [9.17, 15) is 13.2 Å². The molecule has 0 bridgehead atoms. The second-order valence-electron chi connectivity index (χ2n) is 4.89. The first-order chi connectivity index (χ1) is 9.81. The van der Waals surface area contributed by atoms with Gasteiger partial charge in [-0.25, -0.2) is 0 Å². The quantitative estimate of drug-likeness (QED) is 0.480. The van der Waals surface area contributed by atoms with Crippen LogP contribution in [0.15, 0.2) is 21.5 Å². The van der Waals surface area contributed by atoms with Crippen molar-refractivity contribution in [1.29, 1.82) is 0 Å². The molecular weight excluding hydrogens is 283 g/mol. The molecule has 0 aliphatic carbocycles. The number of nitrogens with one attached hydrogen (secondary N) is 2. The normalized spacial score (nSPS) is 14.1. The second-order valence-corrected chi connectivity index (χ2v) is 4.89. The number of hydrogen-bond donors (Lipinski definition) is 2. The van der Waals surface area contributed by atoms with E-state index in [1.165, 1.54) is 0 Å². The smallest absolute Gasteiger partial charge is 0.389 e. The fraction of sp³-hybridized carbons (Fsp3) is 0.643. The van der Waals surface area contributed by atoms with Crippen LogP contribution >= 0.6 is 0 Å². The number of halogens is 3. The lowest BCUT2D eigenvalue weighted by atomic mass is 10.2. The summed E-state index contributed by atoms with van der Waals surface area (Å²) in [6.07, 6.45) is -4.27. The number of nitrogens with zero attached hydrogens (tertiary/aromatic N) is 1. The van der Waals surface area contributed by atoms with E-state index in [1.807, 2.05) is 26.0 Å². The lowest BCUT2D eigenvalue weighted by molar-refractivity contribution is -0.135. The van der Waals surface area contributed by atoms with Gasteiger partial charge in [-0.15, -0.1) is 0 Å². The highest BCUT2D eigenvalue weighted by Crippen LogP contribution is 2.21. The van der Waals surface area contributed by atoms with Crippen molar-refractivity contribution >= 4 is 5.96 Å². The van der Waals surface area contributed by atoms with E-state index in [4.69, 9.17) is 4.42 Å². The number of rotatable bonds is 6. The number of unbranched alkanes of at least 4 members (excludes halogenated alkanes) is 1. The van der Waals surface area contributed by atoms with Crippen molar-refractivity contribution in [2.45, 2.75) is 45.3 Å². The molecule has 120 valence electrons. The Morgan fingerprint density at radius 1 is 1.33 bits per heavy atom. The fourth-order valence-corrected chi connectivity index (χ4v) is 1.81. The van der Waals surface area contributed by atoms with Gasteiger partial charge in [-0.05, 0) is 38.8 Å². The molecule has 0 saturated carbocycles. The molecule has 1 rings (SSSR count). The van der Waals surface area contributed by atoms with Crippen molar-refractivity contribution in [2.75, 3.05) is 13.6 Å². The molecule has 0 aliphatic rings. The van der Waals surface area contributed by atoms with Crippen LogP contribution in [0.5, 0.6) is 0 Å². The maximum Gasteiger partial charge on any atom is 0.389 e. The Labute approximate surface area is 122 Å². The third kappa shape index (κ3) is 7.06. The maximum absolute atomic E-state index is 12.0. The Hall–Kier alpha value is -1.66. The molecule has 7 heteroatoms. The van der Waals surface area contributed by atoms with Crippen molar-refractivity contribution < 1.29 is 17.6 Å². The van der Waals surface area contributed by atoms with Gasteiger partial charge in [-0.1, -0.05) is 0 Å². The standard InChI is InChI=1S/C14H22F3N3O/c1-10-6-7-12(21-10)11(2)20-13(18-3)19-9-5-4-8-14(15,16)17/h6-7,11H,4-5,8-9H2,1-3H3,(H2,18,19,20). The monoisotopic (exact) mass is 305 g/mol. The highest BCUT2D eigenvalue weighted by atomic mass is 19.4. The van der Waals surface area contributed by atoms with Gasteiger partial charge in [0.15, 0.2) is 5.96 Å². The molecule has 2 N–H and O–H groups in total. The van der Waals surface area contributed by atoms with Gasteiger partial charge in [-0.3, -0.25) is 4.99 Å². The van der Waals surface area contributed by atoms with Gasteiger partial charge >= 0.3 is 6.18 Å². The van der Waals surface area contributed by atoms with Gasteiger partial charge in [0.1, 0.15) is 11.5 Å². The first-order valence-electron chi connectivity index (χ1n) is 6.92. The van der Waals surface area contributed by atoms with Gasteiger partial charge in [-0.2, -0.15) is 13.2 Å². The molecule has 1 aromatic heterocycles. The summed E-state index contributed by atoms with van der Waals surface area (Å²) in [4.78, 5) is 4.04. The van der Waals surface area contributed by atoms with E-state index < -0.39 is 12.6 Å². The zero-order valence-electron chi connectivity index (χ0n) is 12.5. The average molecular weight is 305 g/mol. The maximum atomic E-state index is 12.0. The molecule has 4 nitrogen and oxygen atoms in total. The van der Waals surface area contributed by atoms with Crippen molar-refractivity contribution in [3.05, 3.63) is 23.7 Å². The van der Waals surface area contributed by atoms with Gasteiger partial charge in [0, 0.05) is 20.0 Å². The van der Waals surface area contributed by atoms with Crippen LogP contribution in [0.1, 0.15) is 43.7 Å². The number of alkyl halides is 3. The van der Waals surface area contributed by atoms with Crippen LogP contribution in [0.4, 0.5) is 13.2 Å². The SMILES string of the molecule is CN=C(NCCCCC(F)(F)F)NC(C)c1ccc(C)o1. The molecule has 0 spiro atoms. The minimum absolute atomic E-state index is 0.0694. The number of aliphatic imine (C=N–C) groups is 1. The first-order valence-corrected chi connectivity index (χ1v) is 6.92. The van der Waals surface area contributed by atoms with Crippen molar-refractivity contribution in [3.8, 4) is 0 Å². The molecule has 1 unspecified atom stereocenters. The summed E-state index contributed by atoms with van der Waals surface area (Å²) in [7, 11) is 1.62. The van der Waals surface area contributed by atoms with Gasteiger partial charge in [0.25, 0.3) is 0 Å². The Morgan fingerprint density at radius 3 is 2.57 bits per heavy atom. The van der Waals surface area contributed by atoms with Crippen LogP contribution in [-0.4, -0.2) is 25.7 Å². The van der Waals surface area contributed by atoms with E-state index >= 15 is 0 Å². The zero-order valence-corrected chi connectivity index (χ0v) is 12.5. The van der Waals surface area contributed by atoms with E-state index in [1.54, 1.807) is 7.05 Å². The Balaban J connectivity index is 2.29. The topological polar surface area (TPSA) is 49.6 Å². The van der Waals surface area contributed by atoms with Crippen LogP contribution in [0.2, 0.25) is 0 Å². The van der Waals surface area contributed by atoms with Crippen molar-refractivity contribution in [1.82, 2.24) is 10.6 Å². The molecule has 0 aromatic carbocycles. The van der Waals surface area contributed by atoms with Crippen LogP contribution in [0, 0.1) is 6.92 Å². The predicted molar refractivity (Wildman–Crippen MR) is 76.3 cm³/mol. The largest absolute Gasteiger partial charge is 0.464 e. The van der Waals surface area contributed by atoms with Gasteiger partial charge in [0.2, 0.25) is 0 Å². The number of hydrogen-bond acceptors (Lipinski definition) is 2. The van der Waals surface area contributed by atoms with E-state index in [-0.39, 0.29) is 12.5 Å². The average Bonchev–Trinajstić information content (AvgIpc) is 2.82. The van der Waals surface area contributed by atoms with Crippen LogP contribution < -0.4 is 10.6 Å². The summed E-state index contributed by atoms with van der Waals surface area (Å²) in [5, 5.41) is 6.12. The molecule has 1 aromatic rings. The predicted octanol–water partition coefficient (Wildman–Crippen LogP) is 3.55. The third-order valence-corrected chi connectivity index (χ3v) is 2.94. The van der Waals surface area contributed by atoms with Crippen LogP contribution in [0.3, 0.4) is 0 Å². The molecule has 0 radical (unpaired) electrons. The van der Waals surface area contributed by atoms with E-state index in [0.29, 0.717) is 18.9 Å². The number of aryl methyl sites for hydroxylation is 1. The summed E-state index contributed by atoms with van der Waals surface area (Å²) >= 11 is 0. The molecule has 0 fully saturated rings. The molecular formula is C14H22F3N3O. The Kier molecular flexibility index (Phi) is 6.58. The summed E-state index contributed by atoms with van der Waals surface area (Å²) in [5.41, 5.74) is 0. The van der Waals surface area contributed by atoms with Crippen LogP contribution in [0.25, 0.3) is 0 Å². The highest BCUT2D eigenvalue weighted by Gasteiger charge is 2.25. The van der Waals surface area contributed by atoms with Crippen molar-refractivity contribution in [3.63, 3.8) is 0 Å². The molecule has 21 heavy (non-hydrogen) atoms. The zero-order chi connectivity index (χ0) is 15.9. The highest BCUT2D eigenvalue weighted by molar-refractivity contribution is 5.79. The molecule has 0 amide bonds. The summed E-state index contributed by atoms with van der Waals surface area (Å²) in [6.45, 7) is 4.23. The van der Waals surface area contributed by atoms with Gasteiger partial charge < -0.3 is 15.1 Å². The molecule has 1 atom stereocenters. The van der Waals surface area contributed by atoms with Crippen LogP contribution in [-0.2, 0) is 0 Å². The molecule has 0 aliphatic heterocycles. The van der Waals surface area contributed by atoms with E-state index in [2.05, 4.69) is 15.6 Å². The Morgan fingerprint density at radius 2 is 2.05 bits per heavy atom. The summed E-state index contributed by atoms with van der Waals surface area (Å²) in [5.74, 6) is 2.16. The third-order valence-electron chi connectivity index (χ3n) is 2.94. The first kappa shape index (κ1) is 17.4. The fourth-order valence-electron chi connectivity index (χ4n) is 1.81. The molecule has 1 heterocycles. The molecule has 0 saturated heterocycles. The van der Waals surface area contributed by atoms with Crippen molar-refractivity contribution in [2.24, 2.45) is 4.99 Å². The van der Waals surface area contributed by atoms with Gasteiger partial charge in [0.05, 0.1) is 6.04 Å². The lowest BCUT2D eigenvalue weighted by Gasteiger charge is -2.16. The summed E-state index contributed by atoms with van der Waals surface area (Å²) in [6, 6.07) is 3.69. The lowest BCUT2D eigenvalue weighted by Crippen LogP contribution is -2.39.